The minimum atomic E-state index is 0.00122. The summed E-state index contributed by atoms with van der Waals surface area (Å²) in [6.45, 7) is 4.54. The van der Waals surface area contributed by atoms with Gasteiger partial charge in [-0.25, -0.2) is 0 Å². The molecule has 0 saturated heterocycles. The number of carbonyl (C=O) groups is 1. The molecule has 0 bridgehead atoms. The van der Waals surface area contributed by atoms with Crippen LogP contribution in [0.3, 0.4) is 0 Å². The van der Waals surface area contributed by atoms with Crippen molar-refractivity contribution in [2.75, 3.05) is 7.05 Å². The number of hydrogen-bond acceptors (Lipinski definition) is 3. The Kier molecular flexibility index (Phi) is 5.48. The summed E-state index contributed by atoms with van der Waals surface area (Å²) in [5.74, 6) is 1.38. The largest absolute Gasteiger partial charge is 0.462 e. The Labute approximate surface area is 123 Å². The highest BCUT2D eigenvalue weighted by molar-refractivity contribution is 5.71. The van der Waals surface area contributed by atoms with Crippen LogP contribution in [0.1, 0.15) is 71.6 Å². The number of rotatable bonds is 4. The van der Waals surface area contributed by atoms with Crippen LogP contribution in [0.5, 0.6) is 0 Å². The third-order valence-corrected chi connectivity index (χ3v) is 5.26. The molecule has 2 aliphatic rings. The van der Waals surface area contributed by atoms with E-state index in [4.69, 9.17) is 4.74 Å². The average molecular weight is 281 g/mol. The minimum absolute atomic E-state index is 0.00122. The van der Waals surface area contributed by atoms with Crippen LogP contribution in [0, 0.1) is 11.8 Å². The molecule has 2 rings (SSSR count). The predicted molar refractivity (Wildman–Crippen MR) is 81.6 cm³/mol. The van der Waals surface area contributed by atoms with Crippen LogP contribution < -0.4 is 5.32 Å². The summed E-state index contributed by atoms with van der Waals surface area (Å²) >= 11 is 0. The topological polar surface area (TPSA) is 38.3 Å². The van der Waals surface area contributed by atoms with Crippen LogP contribution in [0.15, 0.2) is 0 Å². The fraction of sp³-hybridized carbons (Fsp3) is 0.941. The van der Waals surface area contributed by atoms with Gasteiger partial charge in [0, 0.05) is 5.54 Å². The molecule has 0 aromatic carbocycles. The highest BCUT2D eigenvalue weighted by atomic mass is 16.5. The first-order chi connectivity index (χ1) is 9.53. The van der Waals surface area contributed by atoms with E-state index in [1.165, 1.54) is 25.7 Å². The molecule has 0 aromatic rings. The minimum Gasteiger partial charge on any atom is -0.462 e. The zero-order valence-corrected chi connectivity index (χ0v) is 13.4. The van der Waals surface area contributed by atoms with Crippen LogP contribution in [0.2, 0.25) is 0 Å². The normalized spacial score (nSPS) is 33.6. The third-order valence-electron chi connectivity index (χ3n) is 5.26. The molecule has 0 aromatic heterocycles. The van der Waals surface area contributed by atoms with Gasteiger partial charge in [-0.1, -0.05) is 33.1 Å². The first-order valence-corrected chi connectivity index (χ1v) is 8.41. The van der Waals surface area contributed by atoms with Gasteiger partial charge in [-0.3, -0.25) is 4.79 Å². The number of hydrogen-bond donors (Lipinski definition) is 1. The number of esters is 1. The molecular weight excluding hydrogens is 250 g/mol. The lowest BCUT2D eigenvalue weighted by Gasteiger charge is -2.37. The maximum atomic E-state index is 12.3. The lowest BCUT2D eigenvalue weighted by atomic mass is 9.79. The van der Waals surface area contributed by atoms with Crippen LogP contribution in [-0.4, -0.2) is 24.7 Å². The maximum Gasteiger partial charge on any atom is 0.307 e. The molecule has 0 amide bonds. The SMILES string of the molecule is CNC1(CC(=O)OC2CC(C)CC(C)C2)CCCCC1. The molecular formula is C17H31NO2. The molecule has 2 fully saturated rings. The van der Waals surface area contributed by atoms with E-state index < -0.39 is 0 Å². The fourth-order valence-corrected chi connectivity index (χ4v) is 4.22. The number of nitrogens with one attached hydrogen (secondary N) is 1. The molecule has 3 heteroatoms. The van der Waals surface area contributed by atoms with Gasteiger partial charge in [0.1, 0.15) is 6.10 Å². The molecule has 116 valence electrons. The Hall–Kier alpha value is -0.570. The summed E-state index contributed by atoms with van der Waals surface area (Å²) in [6, 6.07) is 0. The second-order valence-corrected chi connectivity index (χ2v) is 7.30. The van der Waals surface area contributed by atoms with Gasteiger partial charge in [-0.15, -0.1) is 0 Å². The van der Waals surface area contributed by atoms with Crippen molar-refractivity contribution < 1.29 is 9.53 Å². The molecule has 0 radical (unpaired) electrons. The summed E-state index contributed by atoms with van der Waals surface area (Å²) in [5, 5.41) is 3.40. The van der Waals surface area contributed by atoms with E-state index in [1.54, 1.807) is 0 Å². The quantitative estimate of drug-likeness (QED) is 0.799. The Balaban J connectivity index is 1.84. The second kappa shape index (κ2) is 6.93. The Morgan fingerprint density at radius 1 is 1.10 bits per heavy atom. The zero-order chi connectivity index (χ0) is 14.6. The highest BCUT2D eigenvalue weighted by Crippen LogP contribution is 2.33. The smallest absolute Gasteiger partial charge is 0.307 e. The summed E-state index contributed by atoms with van der Waals surface area (Å²) in [7, 11) is 1.99. The van der Waals surface area contributed by atoms with Gasteiger partial charge in [-0.2, -0.15) is 0 Å². The van der Waals surface area contributed by atoms with Gasteiger partial charge < -0.3 is 10.1 Å². The molecule has 2 saturated carbocycles. The van der Waals surface area contributed by atoms with E-state index in [0.29, 0.717) is 18.3 Å². The summed E-state index contributed by atoms with van der Waals surface area (Å²) in [5.41, 5.74) is 0.00122. The molecule has 2 aliphatic carbocycles. The van der Waals surface area contributed by atoms with Gasteiger partial charge in [0.15, 0.2) is 0 Å². The van der Waals surface area contributed by atoms with Gasteiger partial charge >= 0.3 is 5.97 Å². The van der Waals surface area contributed by atoms with Crippen molar-refractivity contribution in [1.82, 2.24) is 5.32 Å². The van der Waals surface area contributed by atoms with E-state index in [1.807, 2.05) is 7.05 Å². The van der Waals surface area contributed by atoms with Crippen LogP contribution in [0.25, 0.3) is 0 Å². The van der Waals surface area contributed by atoms with Crippen LogP contribution in [0.4, 0.5) is 0 Å². The molecule has 0 spiro atoms. The standard InChI is InChI=1S/C17H31NO2/c1-13-9-14(2)11-15(10-13)20-16(19)12-17(18-3)7-5-4-6-8-17/h13-15,18H,4-12H2,1-3H3. The van der Waals surface area contributed by atoms with E-state index in [0.717, 1.165) is 25.7 Å². The summed E-state index contributed by atoms with van der Waals surface area (Å²) in [4.78, 5) is 12.3. The maximum absolute atomic E-state index is 12.3. The van der Waals surface area contributed by atoms with Crippen molar-refractivity contribution in [2.45, 2.75) is 83.3 Å². The first kappa shape index (κ1) is 15.8. The van der Waals surface area contributed by atoms with Gasteiger partial charge in [0.05, 0.1) is 6.42 Å². The lowest BCUT2D eigenvalue weighted by Crippen LogP contribution is -2.47. The fourth-order valence-electron chi connectivity index (χ4n) is 4.22. The van der Waals surface area contributed by atoms with Gasteiger partial charge in [0.25, 0.3) is 0 Å². The third kappa shape index (κ3) is 4.21. The van der Waals surface area contributed by atoms with Crippen molar-refractivity contribution in [1.29, 1.82) is 0 Å². The summed E-state index contributed by atoms with van der Waals surface area (Å²) in [6.07, 6.45) is 10.0. The lowest BCUT2D eigenvalue weighted by molar-refractivity contribution is -0.154. The molecule has 0 heterocycles. The van der Waals surface area contributed by atoms with Crippen LogP contribution in [-0.2, 0) is 9.53 Å². The number of ether oxygens (including phenoxy) is 1. The van der Waals surface area contributed by atoms with E-state index in [-0.39, 0.29) is 17.6 Å². The van der Waals surface area contributed by atoms with E-state index in [2.05, 4.69) is 19.2 Å². The van der Waals surface area contributed by atoms with E-state index in [9.17, 15) is 4.79 Å². The monoisotopic (exact) mass is 281 g/mol. The van der Waals surface area contributed by atoms with Crippen molar-refractivity contribution in [2.24, 2.45) is 11.8 Å². The Morgan fingerprint density at radius 3 is 2.25 bits per heavy atom. The summed E-state index contributed by atoms with van der Waals surface area (Å²) < 4.78 is 5.78. The molecule has 2 atom stereocenters. The van der Waals surface area contributed by atoms with Crippen molar-refractivity contribution in [3.05, 3.63) is 0 Å². The second-order valence-electron chi connectivity index (χ2n) is 7.30. The molecule has 2 unspecified atom stereocenters. The van der Waals surface area contributed by atoms with Crippen molar-refractivity contribution >= 4 is 5.97 Å². The van der Waals surface area contributed by atoms with E-state index >= 15 is 0 Å². The van der Waals surface area contributed by atoms with Crippen molar-refractivity contribution in [3.8, 4) is 0 Å². The highest BCUT2D eigenvalue weighted by Gasteiger charge is 2.34. The average Bonchev–Trinajstić information content (AvgIpc) is 2.38. The molecule has 20 heavy (non-hydrogen) atoms. The van der Waals surface area contributed by atoms with Gasteiger partial charge in [-0.05, 0) is 51.0 Å². The molecule has 3 nitrogen and oxygen atoms in total. The Morgan fingerprint density at radius 2 is 1.70 bits per heavy atom. The predicted octanol–water partition coefficient (Wildman–Crippen LogP) is 3.67. The first-order valence-electron chi connectivity index (χ1n) is 8.41. The van der Waals surface area contributed by atoms with Gasteiger partial charge in [0.2, 0.25) is 0 Å². The molecule has 1 N–H and O–H groups in total. The van der Waals surface area contributed by atoms with Crippen LogP contribution >= 0.6 is 0 Å². The van der Waals surface area contributed by atoms with Crippen molar-refractivity contribution in [3.63, 3.8) is 0 Å². The Bertz CT molecular complexity index is 313. The number of carbonyl (C=O) groups excluding carboxylic acids is 1. The zero-order valence-electron chi connectivity index (χ0n) is 13.4. The molecule has 0 aliphatic heterocycles.